The molecule has 1 heterocycles. The van der Waals surface area contributed by atoms with E-state index in [1.165, 1.54) is 6.08 Å². The minimum atomic E-state index is -0.231. The van der Waals surface area contributed by atoms with Gasteiger partial charge in [0.15, 0.2) is 0 Å². The first-order chi connectivity index (χ1) is 11.8. The molecule has 0 aliphatic rings. The van der Waals surface area contributed by atoms with E-state index in [1.807, 2.05) is 30.3 Å². The first-order valence-corrected chi connectivity index (χ1v) is 7.39. The molecular weight excluding hydrogens is 302 g/mol. The summed E-state index contributed by atoms with van der Waals surface area (Å²) in [5.74, 6) is 0.395. The Bertz CT molecular complexity index is 836. The van der Waals surface area contributed by atoms with Crippen molar-refractivity contribution < 1.29 is 9.21 Å². The highest BCUT2D eigenvalue weighted by atomic mass is 16.3. The molecule has 1 amide bonds. The van der Waals surface area contributed by atoms with Crippen LogP contribution in [-0.2, 0) is 4.79 Å². The molecular formula is C19H15N3O2. The molecule has 24 heavy (non-hydrogen) atoms. The molecule has 118 valence electrons. The Hall–Kier alpha value is -3.47. The first kappa shape index (κ1) is 15.4. The summed E-state index contributed by atoms with van der Waals surface area (Å²) < 4.78 is 5.12. The van der Waals surface area contributed by atoms with Crippen molar-refractivity contribution in [2.24, 2.45) is 10.2 Å². The summed E-state index contributed by atoms with van der Waals surface area (Å²) in [7, 11) is 0. The van der Waals surface area contributed by atoms with Gasteiger partial charge in [-0.3, -0.25) is 4.79 Å². The number of amides is 1. The molecule has 0 fully saturated rings. The molecule has 5 heteroatoms. The van der Waals surface area contributed by atoms with E-state index >= 15 is 0 Å². The van der Waals surface area contributed by atoms with Crippen molar-refractivity contribution >= 4 is 29.0 Å². The molecule has 5 nitrogen and oxygen atoms in total. The standard InChI is InChI=1S/C19H15N3O2/c23-19(13-12-18-7-4-14-24-18)20-15-8-10-17(11-9-15)22-21-16-5-2-1-3-6-16/h1-14H,(H,20,23)/b13-12+,22-21?. The van der Waals surface area contributed by atoms with E-state index in [4.69, 9.17) is 4.42 Å². The van der Waals surface area contributed by atoms with E-state index < -0.39 is 0 Å². The van der Waals surface area contributed by atoms with Crippen molar-refractivity contribution in [1.82, 2.24) is 0 Å². The molecule has 0 saturated heterocycles. The lowest BCUT2D eigenvalue weighted by Crippen LogP contribution is -2.07. The van der Waals surface area contributed by atoms with E-state index in [0.717, 1.165) is 5.69 Å². The molecule has 0 unspecified atom stereocenters. The SMILES string of the molecule is O=C(/C=C/c1ccco1)Nc1ccc(N=Nc2ccccc2)cc1. The number of furan rings is 1. The van der Waals surface area contributed by atoms with Gasteiger partial charge in [-0.2, -0.15) is 10.2 Å². The number of carbonyl (C=O) groups excluding carboxylic acids is 1. The summed E-state index contributed by atoms with van der Waals surface area (Å²) in [6.45, 7) is 0. The largest absolute Gasteiger partial charge is 0.465 e. The van der Waals surface area contributed by atoms with Crippen LogP contribution in [0, 0.1) is 0 Å². The van der Waals surface area contributed by atoms with Crippen LogP contribution >= 0.6 is 0 Å². The summed E-state index contributed by atoms with van der Waals surface area (Å²) in [6.07, 6.45) is 4.58. The fourth-order valence-corrected chi connectivity index (χ4v) is 1.95. The van der Waals surface area contributed by atoms with Crippen LogP contribution in [-0.4, -0.2) is 5.91 Å². The smallest absolute Gasteiger partial charge is 0.248 e. The van der Waals surface area contributed by atoms with E-state index in [1.54, 1.807) is 48.7 Å². The highest BCUT2D eigenvalue weighted by Crippen LogP contribution is 2.20. The van der Waals surface area contributed by atoms with Crippen LogP contribution in [0.4, 0.5) is 17.1 Å². The van der Waals surface area contributed by atoms with Gasteiger partial charge in [0.1, 0.15) is 5.76 Å². The summed E-state index contributed by atoms with van der Waals surface area (Å²) in [4.78, 5) is 11.8. The normalized spacial score (nSPS) is 11.2. The molecule has 2 aromatic carbocycles. The lowest BCUT2D eigenvalue weighted by atomic mass is 10.3. The maximum Gasteiger partial charge on any atom is 0.248 e. The van der Waals surface area contributed by atoms with Crippen LogP contribution in [0.1, 0.15) is 5.76 Å². The van der Waals surface area contributed by atoms with Gasteiger partial charge in [-0.15, -0.1) is 0 Å². The average molecular weight is 317 g/mol. The number of rotatable bonds is 5. The van der Waals surface area contributed by atoms with E-state index in [2.05, 4.69) is 15.5 Å². The molecule has 3 rings (SSSR count). The molecule has 0 aliphatic heterocycles. The first-order valence-electron chi connectivity index (χ1n) is 7.39. The van der Waals surface area contributed by atoms with Crippen molar-refractivity contribution in [1.29, 1.82) is 0 Å². The van der Waals surface area contributed by atoms with E-state index in [9.17, 15) is 4.79 Å². The zero-order valence-corrected chi connectivity index (χ0v) is 12.8. The third-order valence-corrected chi connectivity index (χ3v) is 3.11. The number of carbonyl (C=O) groups is 1. The number of azo groups is 1. The molecule has 0 saturated carbocycles. The Kier molecular flexibility index (Phi) is 4.94. The van der Waals surface area contributed by atoms with Crippen LogP contribution in [0.2, 0.25) is 0 Å². The molecule has 0 bridgehead atoms. The maximum atomic E-state index is 11.8. The summed E-state index contributed by atoms with van der Waals surface area (Å²) >= 11 is 0. The number of anilines is 1. The monoisotopic (exact) mass is 317 g/mol. The summed E-state index contributed by atoms with van der Waals surface area (Å²) in [5.41, 5.74) is 2.18. The third kappa shape index (κ3) is 4.51. The van der Waals surface area contributed by atoms with Crippen molar-refractivity contribution in [2.45, 2.75) is 0 Å². The molecule has 0 aliphatic carbocycles. The van der Waals surface area contributed by atoms with Gasteiger partial charge in [-0.1, -0.05) is 18.2 Å². The summed E-state index contributed by atoms with van der Waals surface area (Å²) in [5, 5.41) is 11.1. The molecule has 1 N–H and O–H groups in total. The minimum Gasteiger partial charge on any atom is -0.465 e. The number of benzene rings is 2. The van der Waals surface area contributed by atoms with E-state index in [-0.39, 0.29) is 5.91 Å². The van der Waals surface area contributed by atoms with Gasteiger partial charge in [0.05, 0.1) is 17.6 Å². The van der Waals surface area contributed by atoms with Crippen molar-refractivity contribution in [2.75, 3.05) is 5.32 Å². The predicted molar refractivity (Wildman–Crippen MR) is 93.4 cm³/mol. The third-order valence-electron chi connectivity index (χ3n) is 3.11. The number of nitrogens with one attached hydrogen (secondary N) is 1. The van der Waals surface area contributed by atoms with Crippen LogP contribution in [0.15, 0.2) is 93.7 Å². The van der Waals surface area contributed by atoms with Crippen LogP contribution < -0.4 is 5.32 Å². The minimum absolute atomic E-state index is 0.231. The lowest BCUT2D eigenvalue weighted by molar-refractivity contribution is -0.111. The van der Waals surface area contributed by atoms with Gasteiger partial charge in [-0.25, -0.2) is 0 Å². The lowest BCUT2D eigenvalue weighted by Gasteiger charge is -2.01. The Morgan fingerprint density at radius 2 is 1.58 bits per heavy atom. The quantitative estimate of drug-likeness (QED) is 0.509. The van der Waals surface area contributed by atoms with Crippen molar-refractivity contribution in [3.05, 3.63) is 84.8 Å². The van der Waals surface area contributed by atoms with Crippen molar-refractivity contribution in [3.8, 4) is 0 Å². The average Bonchev–Trinajstić information content (AvgIpc) is 3.14. The van der Waals surface area contributed by atoms with Gasteiger partial charge >= 0.3 is 0 Å². The Labute approximate surface area is 139 Å². The Morgan fingerprint density at radius 1 is 0.875 bits per heavy atom. The van der Waals surface area contributed by atoms with Crippen molar-refractivity contribution in [3.63, 3.8) is 0 Å². The molecule has 1 aromatic heterocycles. The summed E-state index contributed by atoms with van der Waals surface area (Å²) in [6, 6.07) is 20.2. The van der Waals surface area contributed by atoms with Crippen LogP contribution in [0.3, 0.4) is 0 Å². The molecule has 0 radical (unpaired) electrons. The highest BCUT2D eigenvalue weighted by molar-refractivity contribution is 6.01. The van der Waals surface area contributed by atoms with Crippen LogP contribution in [0.5, 0.6) is 0 Å². The number of nitrogens with zero attached hydrogens (tertiary/aromatic N) is 2. The molecule has 0 atom stereocenters. The van der Waals surface area contributed by atoms with E-state index in [0.29, 0.717) is 17.1 Å². The van der Waals surface area contributed by atoms with Gasteiger partial charge in [0.2, 0.25) is 5.91 Å². The molecule has 0 spiro atoms. The number of hydrogen-bond donors (Lipinski definition) is 1. The maximum absolute atomic E-state index is 11.8. The number of hydrogen-bond acceptors (Lipinski definition) is 4. The second-order valence-electron chi connectivity index (χ2n) is 4.92. The zero-order valence-electron chi connectivity index (χ0n) is 12.8. The topological polar surface area (TPSA) is 67.0 Å². The fraction of sp³-hybridized carbons (Fsp3) is 0. The van der Waals surface area contributed by atoms with Gasteiger partial charge in [-0.05, 0) is 54.6 Å². The second-order valence-corrected chi connectivity index (χ2v) is 4.92. The zero-order chi connectivity index (χ0) is 16.6. The Morgan fingerprint density at radius 3 is 2.25 bits per heavy atom. The fourth-order valence-electron chi connectivity index (χ4n) is 1.95. The second kappa shape index (κ2) is 7.69. The van der Waals surface area contributed by atoms with Gasteiger partial charge in [0.25, 0.3) is 0 Å². The highest BCUT2D eigenvalue weighted by Gasteiger charge is 1.99. The van der Waals surface area contributed by atoms with Crippen LogP contribution in [0.25, 0.3) is 6.08 Å². The predicted octanol–water partition coefficient (Wildman–Crippen LogP) is 5.35. The molecule has 3 aromatic rings. The van der Waals surface area contributed by atoms with Gasteiger partial charge in [0, 0.05) is 11.8 Å². The Balaban J connectivity index is 1.58. The van der Waals surface area contributed by atoms with Gasteiger partial charge < -0.3 is 9.73 Å².